The van der Waals surface area contributed by atoms with Gasteiger partial charge in [0.15, 0.2) is 5.78 Å². The van der Waals surface area contributed by atoms with Gasteiger partial charge >= 0.3 is 0 Å². The Morgan fingerprint density at radius 3 is 2.73 bits per heavy atom. The highest BCUT2D eigenvalue weighted by atomic mass is 16.5. The van der Waals surface area contributed by atoms with Gasteiger partial charge in [-0.15, -0.1) is 0 Å². The van der Waals surface area contributed by atoms with Crippen LogP contribution in [0.2, 0.25) is 0 Å². The molecular formula is C18H17NO3. The van der Waals surface area contributed by atoms with Crippen LogP contribution in [0.25, 0.3) is 10.8 Å². The first-order valence-electron chi connectivity index (χ1n) is 7.55. The van der Waals surface area contributed by atoms with Crippen LogP contribution in [0.1, 0.15) is 10.4 Å². The van der Waals surface area contributed by atoms with Crippen LogP contribution in [0, 0.1) is 0 Å². The predicted octanol–water partition coefficient (Wildman–Crippen LogP) is 2.63. The molecule has 2 aromatic carbocycles. The highest BCUT2D eigenvalue weighted by molar-refractivity contribution is 6.14. The average molecular weight is 295 g/mol. The van der Waals surface area contributed by atoms with E-state index >= 15 is 0 Å². The van der Waals surface area contributed by atoms with Crippen molar-refractivity contribution in [2.24, 2.45) is 0 Å². The molecule has 2 aliphatic rings. The Kier molecular flexibility index (Phi) is 3.31. The van der Waals surface area contributed by atoms with E-state index in [1.165, 1.54) is 0 Å². The molecule has 1 fully saturated rings. The topological polar surface area (TPSA) is 38.8 Å². The summed E-state index contributed by atoms with van der Waals surface area (Å²) in [6, 6.07) is 11.8. The number of ether oxygens (including phenoxy) is 2. The molecule has 0 spiro atoms. The van der Waals surface area contributed by atoms with Gasteiger partial charge < -0.3 is 14.4 Å². The number of fused-ring (bicyclic) bond motifs is 3. The Hall–Kier alpha value is -2.33. The highest BCUT2D eigenvalue weighted by Crippen LogP contribution is 2.34. The van der Waals surface area contributed by atoms with E-state index in [0.717, 1.165) is 23.9 Å². The van der Waals surface area contributed by atoms with E-state index in [1.54, 1.807) is 0 Å². The largest absolute Gasteiger partial charge is 0.487 e. The Balaban J connectivity index is 1.71. The number of nitrogens with zero attached hydrogens (tertiary/aromatic N) is 1. The molecule has 2 aromatic rings. The van der Waals surface area contributed by atoms with Crippen LogP contribution in [0.4, 0.5) is 0 Å². The molecule has 112 valence electrons. The summed E-state index contributed by atoms with van der Waals surface area (Å²) < 4.78 is 11.2. The fourth-order valence-corrected chi connectivity index (χ4v) is 2.99. The molecule has 0 aromatic heterocycles. The zero-order valence-electron chi connectivity index (χ0n) is 12.2. The molecule has 0 amide bonds. The van der Waals surface area contributed by atoms with Gasteiger partial charge in [-0.05, 0) is 11.5 Å². The molecule has 0 bridgehead atoms. The molecule has 0 atom stereocenters. The van der Waals surface area contributed by atoms with Gasteiger partial charge in [0.05, 0.1) is 24.4 Å². The molecule has 22 heavy (non-hydrogen) atoms. The zero-order valence-corrected chi connectivity index (χ0v) is 12.2. The quantitative estimate of drug-likeness (QED) is 0.758. The first-order valence-corrected chi connectivity index (χ1v) is 7.55. The van der Waals surface area contributed by atoms with Gasteiger partial charge in [-0.1, -0.05) is 30.3 Å². The van der Waals surface area contributed by atoms with Gasteiger partial charge in [0.1, 0.15) is 12.4 Å². The predicted molar refractivity (Wildman–Crippen MR) is 84.2 cm³/mol. The summed E-state index contributed by atoms with van der Waals surface area (Å²) in [5, 5.41) is 2.09. The van der Waals surface area contributed by atoms with E-state index in [9.17, 15) is 4.79 Å². The minimum absolute atomic E-state index is 0.0681. The van der Waals surface area contributed by atoms with Crippen molar-refractivity contribution >= 4 is 16.6 Å². The lowest BCUT2D eigenvalue weighted by Crippen LogP contribution is -2.33. The minimum atomic E-state index is 0.0681. The van der Waals surface area contributed by atoms with E-state index in [-0.39, 0.29) is 5.78 Å². The number of ketones is 1. The van der Waals surface area contributed by atoms with Crippen LogP contribution in [-0.4, -0.2) is 43.6 Å². The summed E-state index contributed by atoms with van der Waals surface area (Å²) in [5.41, 5.74) is 1.37. The Labute approximate surface area is 128 Å². The number of benzene rings is 2. The maximum atomic E-state index is 12.7. The second-order valence-corrected chi connectivity index (χ2v) is 5.58. The fraction of sp³-hybridized carbons (Fsp3) is 0.278. The third-order valence-electron chi connectivity index (χ3n) is 4.17. The molecule has 2 aliphatic heterocycles. The van der Waals surface area contributed by atoms with Crippen molar-refractivity contribution in [1.29, 1.82) is 0 Å². The van der Waals surface area contributed by atoms with Crippen LogP contribution in [0.15, 0.2) is 48.2 Å². The Bertz CT molecular complexity index is 760. The van der Waals surface area contributed by atoms with Crippen LogP contribution in [-0.2, 0) is 4.74 Å². The van der Waals surface area contributed by atoms with Crippen LogP contribution < -0.4 is 4.74 Å². The molecule has 4 heteroatoms. The smallest absolute Gasteiger partial charge is 0.197 e. The second-order valence-electron chi connectivity index (χ2n) is 5.58. The third-order valence-corrected chi connectivity index (χ3v) is 4.17. The summed E-state index contributed by atoms with van der Waals surface area (Å²) >= 11 is 0. The van der Waals surface area contributed by atoms with Crippen molar-refractivity contribution in [3.05, 3.63) is 53.7 Å². The molecule has 4 rings (SSSR count). The summed E-state index contributed by atoms with van der Waals surface area (Å²) in [6.07, 6.45) is 1.93. The second kappa shape index (κ2) is 5.46. The fourth-order valence-electron chi connectivity index (χ4n) is 2.99. The van der Waals surface area contributed by atoms with Gasteiger partial charge in [-0.3, -0.25) is 4.79 Å². The Morgan fingerprint density at radius 2 is 1.86 bits per heavy atom. The molecule has 0 unspecified atom stereocenters. The standard InChI is InChI=1S/C18H17NO3/c20-17-14(11-19-7-9-21-10-8-19)12-22-18-15-4-2-1-3-13(15)5-6-16(17)18/h1-6,11H,7-10,12H2/b14-11-. The van der Waals surface area contributed by atoms with Crippen molar-refractivity contribution in [2.45, 2.75) is 0 Å². The molecule has 0 radical (unpaired) electrons. The Morgan fingerprint density at radius 1 is 1.05 bits per heavy atom. The summed E-state index contributed by atoms with van der Waals surface area (Å²) in [4.78, 5) is 14.9. The van der Waals surface area contributed by atoms with E-state index in [0.29, 0.717) is 36.7 Å². The molecule has 2 heterocycles. The molecule has 0 N–H and O–H groups in total. The number of hydrogen-bond donors (Lipinski definition) is 0. The average Bonchev–Trinajstić information content (AvgIpc) is 2.58. The monoisotopic (exact) mass is 295 g/mol. The van der Waals surface area contributed by atoms with Crippen molar-refractivity contribution < 1.29 is 14.3 Å². The van der Waals surface area contributed by atoms with E-state index in [4.69, 9.17) is 9.47 Å². The maximum absolute atomic E-state index is 12.7. The molecule has 0 aliphatic carbocycles. The normalized spacial score (nSPS) is 20.1. The third kappa shape index (κ3) is 2.25. The van der Waals surface area contributed by atoms with Gasteiger partial charge in [0.2, 0.25) is 0 Å². The lowest BCUT2D eigenvalue weighted by Gasteiger charge is -2.27. The molecule has 1 saturated heterocycles. The van der Waals surface area contributed by atoms with Crippen molar-refractivity contribution in [2.75, 3.05) is 32.9 Å². The SMILES string of the molecule is O=C1/C(=C\N2CCOCC2)COc2c1ccc1ccccc21. The van der Waals surface area contributed by atoms with Crippen molar-refractivity contribution in [1.82, 2.24) is 4.90 Å². The number of carbonyl (C=O) groups excluding carboxylic acids is 1. The molecule has 0 saturated carbocycles. The first kappa shape index (κ1) is 13.3. The van der Waals surface area contributed by atoms with Crippen molar-refractivity contribution in [3.8, 4) is 5.75 Å². The zero-order chi connectivity index (χ0) is 14.9. The minimum Gasteiger partial charge on any atom is -0.487 e. The van der Waals surface area contributed by atoms with E-state index in [2.05, 4.69) is 4.90 Å². The summed E-state index contributed by atoms with van der Waals surface area (Å²) in [6.45, 7) is 3.39. The van der Waals surface area contributed by atoms with E-state index < -0.39 is 0 Å². The van der Waals surface area contributed by atoms with Crippen LogP contribution in [0.5, 0.6) is 5.75 Å². The van der Waals surface area contributed by atoms with E-state index in [1.807, 2.05) is 42.6 Å². The summed E-state index contributed by atoms with van der Waals surface area (Å²) in [7, 11) is 0. The number of morpholine rings is 1. The van der Waals surface area contributed by atoms with Gasteiger partial charge in [-0.2, -0.15) is 0 Å². The van der Waals surface area contributed by atoms with Gasteiger partial charge in [0, 0.05) is 24.7 Å². The lowest BCUT2D eigenvalue weighted by atomic mass is 9.97. The summed E-state index contributed by atoms with van der Waals surface area (Å²) in [5.74, 6) is 0.778. The number of hydrogen-bond acceptors (Lipinski definition) is 4. The van der Waals surface area contributed by atoms with Crippen LogP contribution >= 0.6 is 0 Å². The van der Waals surface area contributed by atoms with Gasteiger partial charge in [0.25, 0.3) is 0 Å². The van der Waals surface area contributed by atoms with Crippen LogP contribution in [0.3, 0.4) is 0 Å². The number of Topliss-reactive ketones (excluding diaryl/α,β-unsaturated/α-hetero) is 1. The number of rotatable bonds is 1. The molecule has 4 nitrogen and oxygen atoms in total. The molecular weight excluding hydrogens is 278 g/mol. The van der Waals surface area contributed by atoms with Crippen molar-refractivity contribution in [3.63, 3.8) is 0 Å². The highest BCUT2D eigenvalue weighted by Gasteiger charge is 2.25. The lowest BCUT2D eigenvalue weighted by molar-refractivity contribution is 0.0583. The first-order chi connectivity index (χ1) is 10.8. The number of carbonyl (C=O) groups is 1. The maximum Gasteiger partial charge on any atom is 0.197 e. The van der Waals surface area contributed by atoms with Gasteiger partial charge in [-0.25, -0.2) is 0 Å².